The maximum absolute atomic E-state index is 8.55. The lowest BCUT2D eigenvalue weighted by molar-refractivity contribution is 0.333. The minimum Gasteiger partial charge on any atom is -0.198 e. The molecule has 0 bridgehead atoms. The molecule has 1 aliphatic carbocycles. The number of hydrogen-bond acceptors (Lipinski definition) is 2. The van der Waals surface area contributed by atoms with Crippen molar-refractivity contribution in [2.75, 3.05) is 0 Å². The van der Waals surface area contributed by atoms with Crippen LogP contribution >= 0.6 is 0 Å². The number of rotatable bonds is 2. The van der Waals surface area contributed by atoms with Gasteiger partial charge in [-0.3, -0.25) is 0 Å². The Balaban J connectivity index is 2.52. The predicted octanol–water partition coefficient (Wildman–Crippen LogP) is 2.40. The highest BCUT2D eigenvalue weighted by atomic mass is 14.3. The molecule has 2 nitrogen and oxygen atoms in total. The van der Waals surface area contributed by atoms with Crippen LogP contribution in [0.2, 0.25) is 0 Å². The van der Waals surface area contributed by atoms with Crippen LogP contribution in [0.1, 0.15) is 25.7 Å². The van der Waals surface area contributed by atoms with Crippen molar-refractivity contribution in [3.05, 3.63) is 12.2 Å². The summed E-state index contributed by atoms with van der Waals surface area (Å²) in [5, 5.41) is 17.1. The van der Waals surface area contributed by atoms with E-state index in [4.69, 9.17) is 10.5 Å². The van der Waals surface area contributed by atoms with Gasteiger partial charge in [0.2, 0.25) is 0 Å². The quantitative estimate of drug-likeness (QED) is 0.582. The zero-order chi connectivity index (χ0) is 8.81. The summed E-state index contributed by atoms with van der Waals surface area (Å²) < 4.78 is 0. The Hall–Kier alpha value is -1.28. The van der Waals surface area contributed by atoms with Crippen LogP contribution < -0.4 is 0 Å². The molecular formula is C10H12N2. The second kappa shape index (κ2) is 4.57. The molecule has 12 heavy (non-hydrogen) atoms. The molecule has 0 aromatic rings. The van der Waals surface area contributed by atoms with E-state index in [1.54, 1.807) is 0 Å². The van der Waals surface area contributed by atoms with Crippen molar-refractivity contribution in [3.63, 3.8) is 0 Å². The molecule has 0 aromatic heterocycles. The summed E-state index contributed by atoms with van der Waals surface area (Å²) in [6.45, 7) is 0. The van der Waals surface area contributed by atoms with Crippen molar-refractivity contribution in [1.29, 1.82) is 10.5 Å². The Morgan fingerprint density at radius 3 is 1.75 bits per heavy atom. The van der Waals surface area contributed by atoms with Gasteiger partial charge in [0.15, 0.2) is 0 Å². The first-order valence-electron chi connectivity index (χ1n) is 4.27. The van der Waals surface area contributed by atoms with Crippen LogP contribution in [0.5, 0.6) is 0 Å². The van der Waals surface area contributed by atoms with Crippen molar-refractivity contribution in [2.45, 2.75) is 25.7 Å². The van der Waals surface area contributed by atoms with Crippen LogP contribution in [0.3, 0.4) is 0 Å². The number of nitrogens with zero attached hydrogens (tertiary/aromatic N) is 2. The van der Waals surface area contributed by atoms with Gasteiger partial charge in [-0.15, -0.1) is 0 Å². The van der Waals surface area contributed by atoms with Crippen LogP contribution in [0.15, 0.2) is 12.2 Å². The zero-order valence-corrected chi connectivity index (χ0v) is 7.03. The van der Waals surface area contributed by atoms with Crippen molar-refractivity contribution >= 4 is 0 Å². The van der Waals surface area contributed by atoms with E-state index in [2.05, 4.69) is 24.3 Å². The summed E-state index contributed by atoms with van der Waals surface area (Å²) in [7, 11) is 0. The molecule has 62 valence electrons. The lowest BCUT2D eigenvalue weighted by Crippen LogP contribution is -2.15. The summed E-state index contributed by atoms with van der Waals surface area (Å²) in [6.07, 6.45) is 7.37. The van der Waals surface area contributed by atoms with Gasteiger partial charge < -0.3 is 0 Å². The van der Waals surface area contributed by atoms with Gasteiger partial charge >= 0.3 is 0 Å². The van der Waals surface area contributed by atoms with Gasteiger partial charge in [0.05, 0.1) is 12.1 Å². The van der Waals surface area contributed by atoms with E-state index in [1.165, 1.54) is 0 Å². The van der Waals surface area contributed by atoms with Crippen molar-refractivity contribution < 1.29 is 0 Å². The molecule has 1 rings (SSSR count). The second-order valence-corrected chi connectivity index (χ2v) is 3.19. The van der Waals surface area contributed by atoms with Gasteiger partial charge in [-0.1, -0.05) is 12.2 Å². The molecule has 2 heteroatoms. The summed E-state index contributed by atoms with van der Waals surface area (Å²) in [5.74, 6) is 0.833. The van der Waals surface area contributed by atoms with Gasteiger partial charge in [-0.2, -0.15) is 10.5 Å². The molecule has 0 saturated heterocycles. The first-order chi connectivity index (χ1) is 5.88. The minimum atomic E-state index is 0.416. The molecule has 0 unspecified atom stereocenters. The molecule has 0 aliphatic heterocycles. The van der Waals surface area contributed by atoms with Crippen LogP contribution in [0.25, 0.3) is 0 Å². The fourth-order valence-corrected chi connectivity index (χ4v) is 1.66. The first-order valence-corrected chi connectivity index (χ1v) is 4.27. The average Bonchev–Trinajstić information content (AvgIpc) is 2.09. The normalized spacial score (nSPS) is 27.5. The van der Waals surface area contributed by atoms with Crippen LogP contribution in [-0.2, 0) is 0 Å². The molecule has 0 fully saturated rings. The fourth-order valence-electron chi connectivity index (χ4n) is 1.66. The summed E-state index contributed by atoms with van der Waals surface area (Å²) in [4.78, 5) is 0. The molecule has 0 aromatic carbocycles. The molecule has 0 saturated carbocycles. The lowest BCUT2D eigenvalue weighted by atomic mass is 9.80. The van der Waals surface area contributed by atoms with E-state index >= 15 is 0 Å². The van der Waals surface area contributed by atoms with E-state index in [0.717, 1.165) is 12.8 Å². The fraction of sp³-hybridized carbons (Fsp3) is 0.600. The monoisotopic (exact) mass is 160 g/mol. The zero-order valence-electron chi connectivity index (χ0n) is 7.03. The van der Waals surface area contributed by atoms with Gasteiger partial charge in [-0.05, 0) is 24.7 Å². The van der Waals surface area contributed by atoms with Crippen LogP contribution in [0.4, 0.5) is 0 Å². The van der Waals surface area contributed by atoms with Gasteiger partial charge in [0.1, 0.15) is 0 Å². The standard InChI is InChI=1S/C10H12N2/c11-7-5-9-3-1-2-4-10(9)6-8-12/h1-2,9-10H,3-6H2/t9-,10-/m1/s1. The van der Waals surface area contributed by atoms with Gasteiger partial charge in [0, 0.05) is 12.8 Å². The number of hydrogen-bond donors (Lipinski definition) is 0. The Morgan fingerprint density at radius 2 is 1.42 bits per heavy atom. The molecule has 1 aliphatic rings. The van der Waals surface area contributed by atoms with Crippen LogP contribution in [-0.4, -0.2) is 0 Å². The summed E-state index contributed by atoms with van der Waals surface area (Å²) >= 11 is 0. The number of allylic oxidation sites excluding steroid dienone is 2. The minimum absolute atomic E-state index is 0.416. The third kappa shape index (κ3) is 2.10. The third-order valence-corrected chi connectivity index (χ3v) is 2.42. The van der Waals surface area contributed by atoms with Crippen molar-refractivity contribution in [2.24, 2.45) is 11.8 Å². The first kappa shape index (κ1) is 8.81. The Bertz CT molecular complexity index is 216. The third-order valence-electron chi connectivity index (χ3n) is 2.42. The highest BCUT2D eigenvalue weighted by molar-refractivity contribution is 4.99. The maximum atomic E-state index is 8.55. The summed E-state index contributed by atoms with van der Waals surface area (Å²) in [5.41, 5.74) is 0. The maximum Gasteiger partial charge on any atom is 0.0624 e. The molecule has 0 N–H and O–H groups in total. The summed E-state index contributed by atoms with van der Waals surface area (Å²) in [6, 6.07) is 4.37. The molecule has 0 radical (unpaired) electrons. The Labute approximate surface area is 73.1 Å². The van der Waals surface area contributed by atoms with Gasteiger partial charge in [0.25, 0.3) is 0 Å². The average molecular weight is 160 g/mol. The number of nitriles is 2. The van der Waals surface area contributed by atoms with E-state index in [9.17, 15) is 0 Å². The molecule has 0 heterocycles. The van der Waals surface area contributed by atoms with Crippen molar-refractivity contribution in [3.8, 4) is 12.1 Å². The second-order valence-electron chi connectivity index (χ2n) is 3.19. The Morgan fingerprint density at radius 1 is 1.00 bits per heavy atom. The van der Waals surface area contributed by atoms with Gasteiger partial charge in [-0.25, -0.2) is 0 Å². The highest BCUT2D eigenvalue weighted by Crippen LogP contribution is 2.29. The Kier molecular flexibility index (Phi) is 3.35. The smallest absolute Gasteiger partial charge is 0.0624 e. The largest absolute Gasteiger partial charge is 0.198 e. The molecule has 2 atom stereocenters. The highest BCUT2D eigenvalue weighted by Gasteiger charge is 2.21. The molecular weight excluding hydrogens is 148 g/mol. The lowest BCUT2D eigenvalue weighted by Gasteiger charge is -2.23. The molecule has 0 amide bonds. The topological polar surface area (TPSA) is 47.6 Å². The predicted molar refractivity (Wildman–Crippen MR) is 45.8 cm³/mol. The van der Waals surface area contributed by atoms with E-state index < -0.39 is 0 Å². The SMILES string of the molecule is N#CC[C@H]1CC=CC[C@@H]1CC#N. The van der Waals surface area contributed by atoms with E-state index in [-0.39, 0.29) is 0 Å². The van der Waals surface area contributed by atoms with E-state index in [1.807, 2.05) is 0 Å². The van der Waals surface area contributed by atoms with Crippen molar-refractivity contribution in [1.82, 2.24) is 0 Å². The van der Waals surface area contributed by atoms with Crippen LogP contribution in [0, 0.1) is 34.5 Å². The van der Waals surface area contributed by atoms with E-state index in [0.29, 0.717) is 24.7 Å². The molecule has 0 spiro atoms.